The normalized spacial score (nSPS) is 11.5. The minimum atomic E-state index is -5.30. The van der Waals surface area contributed by atoms with Gasteiger partial charge in [-0.3, -0.25) is 9.59 Å². The van der Waals surface area contributed by atoms with Crippen molar-refractivity contribution < 1.29 is 50.2 Å². The Morgan fingerprint density at radius 1 is 0.730 bits per heavy atom. The van der Waals surface area contributed by atoms with E-state index in [1.165, 1.54) is 10.6 Å². The van der Waals surface area contributed by atoms with Gasteiger partial charge in [-0.15, -0.1) is 0 Å². The molecule has 0 aromatic heterocycles. The molecule has 0 atom stereocenters. The van der Waals surface area contributed by atoms with E-state index in [2.05, 4.69) is 15.9 Å². The van der Waals surface area contributed by atoms with Crippen LogP contribution in [0.25, 0.3) is 0 Å². The van der Waals surface area contributed by atoms with Crippen molar-refractivity contribution in [3.8, 4) is 5.75 Å². The summed E-state index contributed by atoms with van der Waals surface area (Å²) >= 11 is 3.32. The molecule has 0 saturated heterocycles. The molecule has 0 aliphatic carbocycles. The predicted molar refractivity (Wildman–Crippen MR) is 124 cm³/mol. The third kappa shape index (κ3) is 10.7. The van der Waals surface area contributed by atoms with Crippen LogP contribution in [0, 0.1) is 0 Å². The number of hydrogen-bond donors (Lipinski definition) is 2. The molecule has 0 bridgehead atoms. The van der Waals surface area contributed by atoms with Gasteiger partial charge in [0.25, 0.3) is 0 Å². The summed E-state index contributed by atoms with van der Waals surface area (Å²) in [6, 6.07) is 9.53. The van der Waals surface area contributed by atoms with Crippen LogP contribution < -0.4 is 15.4 Å². The van der Waals surface area contributed by atoms with Crippen molar-refractivity contribution >= 4 is 45.1 Å². The number of nitrogens with one attached hydrogen (secondary N) is 2. The van der Waals surface area contributed by atoms with Gasteiger partial charge in [0, 0.05) is 15.8 Å². The Balaban J connectivity index is 1.89. The minimum absolute atomic E-state index is 0.0736. The largest absolute Gasteiger partial charge is 0.494 e. The van der Waals surface area contributed by atoms with Crippen molar-refractivity contribution in [2.75, 3.05) is 23.8 Å². The summed E-state index contributed by atoms with van der Waals surface area (Å²) < 4.78 is 86.8. The smallest absolute Gasteiger partial charge is 0.471 e. The molecule has 0 unspecified atom stereocenters. The number of rotatable bonds is 11. The van der Waals surface area contributed by atoms with E-state index in [4.69, 9.17) is 9.47 Å². The first kappa shape index (κ1) is 29.9. The molecule has 2 aromatic rings. The molecule has 0 radical (unpaired) electrons. The lowest BCUT2D eigenvalue weighted by molar-refractivity contribution is -0.167. The van der Waals surface area contributed by atoms with Crippen molar-refractivity contribution in [2.45, 2.75) is 38.0 Å². The summed E-state index contributed by atoms with van der Waals surface area (Å²) in [7, 11) is 0. The topological polar surface area (TPSA) is 93.7 Å². The van der Waals surface area contributed by atoms with Crippen LogP contribution in [-0.4, -0.2) is 43.4 Å². The first-order valence-corrected chi connectivity index (χ1v) is 11.5. The molecule has 2 rings (SSSR count). The fraction of sp³-hybridized carbons (Fsp3) is 0.348. The number of anilines is 2. The molecule has 0 spiro atoms. The standard InChI is InChI=1S/C23H21BrF6N2O5/c24-15-5-7-18(8-6-15)36-9-3-1-2-4-10-37-19(33)14-11-16(31-20(34)22(25,26)27)13-17(12-14)32-21(35)23(28,29)30/h5-8,11-13H,1-4,9-10H2,(H,31,34)(H,32,35). The number of carbonyl (C=O) groups is 3. The van der Waals surface area contributed by atoms with Crippen molar-refractivity contribution in [1.82, 2.24) is 0 Å². The molecular formula is C23H21BrF6N2O5. The summed E-state index contributed by atoms with van der Waals surface area (Å²) in [5.41, 5.74) is -1.81. The summed E-state index contributed by atoms with van der Waals surface area (Å²) in [4.78, 5) is 34.7. The lowest BCUT2D eigenvalue weighted by Gasteiger charge is -2.13. The Kier molecular flexibility index (Phi) is 10.8. The number of benzene rings is 2. The summed E-state index contributed by atoms with van der Waals surface area (Å²) in [6.07, 6.45) is -8.02. The van der Waals surface area contributed by atoms with Gasteiger partial charge in [-0.25, -0.2) is 4.79 Å². The number of halogens is 7. The van der Waals surface area contributed by atoms with Crippen molar-refractivity contribution in [1.29, 1.82) is 0 Å². The van der Waals surface area contributed by atoms with Gasteiger partial charge in [0.15, 0.2) is 0 Å². The molecule has 202 valence electrons. The maximum Gasteiger partial charge on any atom is 0.471 e. The first-order valence-electron chi connectivity index (χ1n) is 10.7. The Bertz CT molecular complexity index is 1040. The van der Waals surface area contributed by atoms with Crippen LogP contribution >= 0.6 is 15.9 Å². The van der Waals surface area contributed by atoms with Crippen LogP contribution in [0.1, 0.15) is 36.0 Å². The van der Waals surface area contributed by atoms with E-state index < -0.39 is 47.1 Å². The second kappa shape index (κ2) is 13.3. The highest BCUT2D eigenvalue weighted by Gasteiger charge is 2.40. The van der Waals surface area contributed by atoms with Gasteiger partial charge in [0.05, 0.1) is 18.8 Å². The Morgan fingerprint density at radius 3 is 1.70 bits per heavy atom. The number of amides is 2. The lowest BCUT2D eigenvalue weighted by Crippen LogP contribution is -2.31. The third-order valence-electron chi connectivity index (χ3n) is 4.55. The van der Waals surface area contributed by atoms with Crippen LogP contribution in [0.5, 0.6) is 5.75 Å². The number of carbonyl (C=O) groups excluding carboxylic acids is 3. The highest BCUT2D eigenvalue weighted by atomic mass is 79.9. The third-order valence-corrected chi connectivity index (χ3v) is 5.08. The van der Waals surface area contributed by atoms with E-state index in [1.54, 1.807) is 0 Å². The van der Waals surface area contributed by atoms with Gasteiger partial charge >= 0.3 is 30.1 Å². The van der Waals surface area contributed by atoms with E-state index in [0.717, 1.165) is 35.2 Å². The van der Waals surface area contributed by atoms with E-state index >= 15 is 0 Å². The van der Waals surface area contributed by atoms with Gasteiger partial charge in [0.2, 0.25) is 0 Å². The predicted octanol–water partition coefficient (Wildman–Crippen LogP) is 6.25. The fourth-order valence-corrected chi connectivity index (χ4v) is 3.08. The number of hydrogen-bond acceptors (Lipinski definition) is 5. The van der Waals surface area contributed by atoms with Gasteiger partial charge in [-0.1, -0.05) is 15.9 Å². The highest BCUT2D eigenvalue weighted by molar-refractivity contribution is 9.10. The van der Waals surface area contributed by atoms with Gasteiger partial charge in [-0.05, 0) is 68.1 Å². The molecule has 2 aromatic carbocycles. The molecule has 0 saturated carbocycles. The van der Waals surface area contributed by atoms with Crippen molar-refractivity contribution in [3.63, 3.8) is 0 Å². The van der Waals surface area contributed by atoms with Crippen LogP contribution in [0.4, 0.5) is 37.7 Å². The lowest BCUT2D eigenvalue weighted by atomic mass is 10.1. The van der Waals surface area contributed by atoms with Crippen LogP contribution in [0.2, 0.25) is 0 Å². The van der Waals surface area contributed by atoms with Gasteiger partial charge in [0.1, 0.15) is 5.75 Å². The number of alkyl halides is 6. The monoisotopic (exact) mass is 598 g/mol. The zero-order valence-electron chi connectivity index (χ0n) is 19.0. The summed E-state index contributed by atoms with van der Waals surface area (Å²) in [5, 5.41) is 2.84. The molecule has 2 amide bonds. The molecule has 0 aliphatic rings. The van der Waals surface area contributed by atoms with Crippen LogP contribution in [0.15, 0.2) is 46.9 Å². The molecule has 0 aliphatic heterocycles. The second-order valence-corrected chi connectivity index (χ2v) is 8.47. The molecule has 37 heavy (non-hydrogen) atoms. The average Bonchev–Trinajstić information content (AvgIpc) is 2.80. The minimum Gasteiger partial charge on any atom is -0.494 e. The quantitative estimate of drug-likeness (QED) is 0.181. The Labute approximate surface area is 215 Å². The summed E-state index contributed by atoms with van der Waals surface area (Å²) in [6.45, 7) is 0.403. The molecule has 14 heteroatoms. The fourth-order valence-electron chi connectivity index (χ4n) is 2.82. The second-order valence-electron chi connectivity index (χ2n) is 7.56. The molecule has 0 fully saturated rings. The van der Waals surface area contributed by atoms with Crippen molar-refractivity contribution in [2.24, 2.45) is 0 Å². The zero-order chi connectivity index (χ0) is 27.6. The van der Waals surface area contributed by atoms with Gasteiger partial charge in [-0.2, -0.15) is 26.3 Å². The zero-order valence-corrected chi connectivity index (χ0v) is 20.6. The molecule has 0 heterocycles. The first-order chi connectivity index (χ1) is 17.3. The number of ether oxygens (including phenoxy) is 2. The van der Waals surface area contributed by atoms with E-state index in [9.17, 15) is 40.7 Å². The van der Waals surface area contributed by atoms with Crippen LogP contribution in [-0.2, 0) is 14.3 Å². The van der Waals surface area contributed by atoms with E-state index in [-0.39, 0.29) is 6.61 Å². The average molecular weight is 599 g/mol. The number of esters is 1. The molecule has 7 nitrogen and oxygen atoms in total. The SMILES string of the molecule is O=C(OCCCCCCOc1ccc(Br)cc1)c1cc(NC(=O)C(F)(F)F)cc(NC(=O)C(F)(F)F)c1. The van der Waals surface area contributed by atoms with E-state index in [1.807, 2.05) is 24.3 Å². The summed E-state index contributed by atoms with van der Waals surface area (Å²) in [5.74, 6) is -5.19. The molecule has 2 N–H and O–H groups in total. The molecular weight excluding hydrogens is 578 g/mol. The van der Waals surface area contributed by atoms with Crippen LogP contribution in [0.3, 0.4) is 0 Å². The number of unbranched alkanes of at least 4 members (excludes halogenated alkanes) is 3. The van der Waals surface area contributed by atoms with Crippen molar-refractivity contribution in [3.05, 3.63) is 52.5 Å². The maximum atomic E-state index is 12.5. The maximum absolute atomic E-state index is 12.5. The van der Waals surface area contributed by atoms with Gasteiger partial charge < -0.3 is 20.1 Å². The van der Waals surface area contributed by atoms with E-state index in [0.29, 0.717) is 25.5 Å². The Morgan fingerprint density at radius 2 is 1.22 bits per heavy atom. The highest BCUT2D eigenvalue weighted by Crippen LogP contribution is 2.25. The Hall–Kier alpha value is -3.29.